The average Bonchev–Trinajstić information content (AvgIpc) is 2.89. The molecule has 2 aliphatic rings. The number of ether oxygens (including phenoxy) is 3. The first-order chi connectivity index (χ1) is 16.3. The molecule has 0 saturated heterocycles. The second-order valence-corrected chi connectivity index (χ2v) is 8.81. The quantitative estimate of drug-likeness (QED) is 0.556. The number of aromatic nitrogens is 2. The summed E-state index contributed by atoms with van der Waals surface area (Å²) in [6.07, 6.45) is 0.00915. The van der Waals surface area contributed by atoms with E-state index in [1.165, 1.54) is 18.7 Å². The Morgan fingerprint density at radius 1 is 1.09 bits per heavy atom. The average molecular weight is 463 g/mol. The highest BCUT2D eigenvalue weighted by molar-refractivity contribution is 5.82. The molecular formula is C26H26N2O6. The molecule has 34 heavy (non-hydrogen) atoms. The molecule has 0 unspecified atom stereocenters. The molecular weight excluding hydrogens is 436 g/mol. The van der Waals surface area contributed by atoms with Gasteiger partial charge in [-0.2, -0.15) is 0 Å². The van der Waals surface area contributed by atoms with E-state index in [0.29, 0.717) is 11.3 Å². The SMILES string of the molecule is CCc1ccc([C@@H]2Oc3c(c(=O)n(C)c(=O)n3C)[C@@H]3c4ccccc4OC[C@@]32C(=O)OC)cc1. The molecule has 5 rings (SSSR count). The van der Waals surface area contributed by atoms with E-state index in [2.05, 4.69) is 6.92 Å². The number of methoxy groups -OCH3 is 1. The van der Waals surface area contributed by atoms with E-state index in [9.17, 15) is 14.4 Å². The van der Waals surface area contributed by atoms with Gasteiger partial charge in [0.1, 0.15) is 18.5 Å². The van der Waals surface area contributed by atoms with Crippen molar-refractivity contribution in [1.29, 1.82) is 0 Å². The standard InChI is InChI=1S/C26H26N2O6/c1-5-15-10-12-16(13-11-15)21-26(24(30)32-4)14-33-18-9-7-6-8-17(18)20(26)19-22(29)27(2)25(31)28(3)23(19)34-21/h6-13,20-21H,5,14H2,1-4H3/t20-,21-,26+/m0/s1. The number of esters is 1. The van der Waals surface area contributed by atoms with Crippen molar-refractivity contribution in [3.8, 4) is 11.6 Å². The van der Waals surface area contributed by atoms with Crippen molar-refractivity contribution in [2.24, 2.45) is 19.5 Å². The molecule has 176 valence electrons. The van der Waals surface area contributed by atoms with Crippen molar-refractivity contribution in [1.82, 2.24) is 9.13 Å². The predicted molar refractivity (Wildman–Crippen MR) is 124 cm³/mol. The van der Waals surface area contributed by atoms with Gasteiger partial charge < -0.3 is 14.2 Å². The fourth-order valence-corrected chi connectivity index (χ4v) is 5.27. The van der Waals surface area contributed by atoms with Gasteiger partial charge in [0.2, 0.25) is 5.88 Å². The maximum Gasteiger partial charge on any atom is 0.333 e. The Hall–Kier alpha value is -3.81. The van der Waals surface area contributed by atoms with Crippen LogP contribution in [0.4, 0.5) is 0 Å². The van der Waals surface area contributed by atoms with Crippen LogP contribution in [0.3, 0.4) is 0 Å². The lowest BCUT2D eigenvalue weighted by Crippen LogP contribution is -2.57. The fourth-order valence-electron chi connectivity index (χ4n) is 5.27. The molecule has 3 atom stereocenters. The number of aryl methyl sites for hydroxylation is 1. The third kappa shape index (κ3) is 2.87. The topological polar surface area (TPSA) is 88.8 Å². The van der Waals surface area contributed by atoms with Gasteiger partial charge in [-0.3, -0.25) is 18.7 Å². The van der Waals surface area contributed by atoms with Crippen molar-refractivity contribution >= 4 is 5.97 Å². The molecule has 0 spiro atoms. The molecule has 2 aromatic carbocycles. The maximum atomic E-state index is 13.6. The highest BCUT2D eigenvalue weighted by Gasteiger charge is 2.63. The normalized spacial score (nSPS) is 22.5. The summed E-state index contributed by atoms with van der Waals surface area (Å²) in [6.45, 7) is 2.01. The van der Waals surface area contributed by atoms with E-state index in [0.717, 1.165) is 22.1 Å². The summed E-state index contributed by atoms with van der Waals surface area (Å²) in [7, 11) is 4.31. The van der Waals surface area contributed by atoms with Crippen LogP contribution < -0.4 is 20.7 Å². The molecule has 0 fully saturated rings. The molecule has 0 saturated carbocycles. The zero-order valence-electron chi connectivity index (χ0n) is 19.5. The Bertz CT molecular complexity index is 1400. The van der Waals surface area contributed by atoms with E-state index in [4.69, 9.17) is 14.2 Å². The third-order valence-electron chi connectivity index (χ3n) is 7.10. The first kappa shape index (κ1) is 22.0. The van der Waals surface area contributed by atoms with Crippen LogP contribution in [0.5, 0.6) is 11.6 Å². The molecule has 3 heterocycles. The number of para-hydroxylation sites is 1. The zero-order chi connectivity index (χ0) is 24.2. The van der Waals surface area contributed by atoms with Crippen LogP contribution in [0.15, 0.2) is 58.1 Å². The predicted octanol–water partition coefficient (Wildman–Crippen LogP) is 2.46. The third-order valence-corrected chi connectivity index (χ3v) is 7.10. The molecule has 2 aliphatic heterocycles. The molecule has 1 aromatic heterocycles. The minimum Gasteiger partial charge on any atom is -0.492 e. The van der Waals surface area contributed by atoms with Gasteiger partial charge in [0.05, 0.1) is 12.7 Å². The summed E-state index contributed by atoms with van der Waals surface area (Å²) in [5.74, 6) is -0.553. The van der Waals surface area contributed by atoms with Gasteiger partial charge in [0.15, 0.2) is 5.41 Å². The molecule has 3 aromatic rings. The van der Waals surface area contributed by atoms with Gasteiger partial charge in [0, 0.05) is 25.6 Å². The van der Waals surface area contributed by atoms with Gasteiger partial charge in [-0.1, -0.05) is 49.4 Å². The summed E-state index contributed by atoms with van der Waals surface area (Å²) < 4.78 is 20.2. The zero-order valence-corrected chi connectivity index (χ0v) is 19.5. The Labute approximate surface area is 196 Å². The lowest BCUT2D eigenvalue weighted by Gasteiger charge is -2.49. The lowest BCUT2D eigenvalue weighted by molar-refractivity contribution is -0.168. The summed E-state index contributed by atoms with van der Waals surface area (Å²) >= 11 is 0. The van der Waals surface area contributed by atoms with Crippen LogP contribution >= 0.6 is 0 Å². The highest BCUT2D eigenvalue weighted by atomic mass is 16.5. The minimum absolute atomic E-state index is 0.0486. The molecule has 0 amide bonds. The highest BCUT2D eigenvalue weighted by Crippen LogP contribution is 2.59. The maximum absolute atomic E-state index is 13.6. The van der Waals surface area contributed by atoms with Crippen molar-refractivity contribution < 1.29 is 19.0 Å². The first-order valence-electron chi connectivity index (χ1n) is 11.2. The monoisotopic (exact) mass is 462 g/mol. The summed E-state index contributed by atoms with van der Waals surface area (Å²) in [5, 5.41) is 0. The van der Waals surface area contributed by atoms with Gasteiger partial charge >= 0.3 is 11.7 Å². The largest absolute Gasteiger partial charge is 0.492 e. The fraction of sp³-hybridized carbons (Fsp3) is 0.346. The van der Waals surface area contributed by atoms with Crippen molar-refractivity contribution in [2.75, 3.05) is 13.7 Å². The molecule has 8 nitrogen and oxygen atoms in total. The lowest BCUT2D eigenvalue weighted by atomic mass is 9.62. The number of rotatable bonds is 3. The number of hydrogen-bond acceptors (Lipinski definition) is 6. The van der Waals surface area contributed by atoms with Crippen LogP contribution in [0.1, 0.15) is 41.2 Å². The van der Waals surface area contributed by atoms with E-state index in [1.807, 2.05) is 48.5 Å². The van der Waals surface area contributed by atoms with Crippen LogP contribution in [-0.4, -0.2) is 28.8 Å². The van der Waals surface area contributed by atoms with E-state index >= 15 is 0 Å². The Morgan fingerprint density at radius 3 is 2.47 bits per heavy atom. The Morgan fingerprint density at radius 2 is 1.79 bits per heavy atom. The summed E-state index contributed by atoms with van der Waals surface area (Å²) in [6, 6.07) is 15.1. The number of hydrogen-bond donors (Lipinski definition) is 0. The van der Waals surface area contributed by atoms with E-state index < -0.39 is 34.7 Å². The molecule has 0 N–H and O–H groups in total. The van der Waals surface area contributed by atoms with Gasteiger partial charge in [-0.15, -0.1) is 0 Å². The second-order valence-electron chi connectivity index (χ2n) is 8.81. The van der Waals surface area contributed by atoms with Gasteiger partial charge in [-0.05, 0) is 23.6 Å². The number of carbonyl (C=O) groups is 1. The van der Waals surface area contributed by atoms with Crippen molar-refractivity contribution in [3.63, 3.8) is 0 Å². The van der Waals surface area contributed by atoms with Crippen LogP contribution in [0.25, 0.3) is 0 Å². The number of nitrogens with zero attached hydrogens (tertiary/aromatic N) is 2. The molecule has 0 aliphatic carbocycles. The molecule has 0 radical (unpaired) electrons. The Kier molecular flexibility index (Phi) is 5.11. The van der Waals surface area contributed by atoms with Crippen LogP contribution in [0, 0.1) is 5.41 Å². The minimum atomic E-state index is -1.38. The smallest absolute Gasteiger partial charge is 0.333 e. The number of benzene rings is 2. The summed E-state index contributed by atoms with van der Waals surface area (Å²) in [4.78, 5) is 39.9. The Balaban J connectivity index is 1.89. The van der Waals surface area contributed by atoms with Gasteiger partial charge in [0.25, 0.3) is 5.56 Å². The molecule has 8 heteroatoms. The van der Waals surface area contributed by atoms with Crippen LogP contribution in [0.2, 0.25) is 0 Å². The van der Waals surface area contributed by atoms with Crippen molar-refractivity contribution in [3.05, 3.63) is 91.6 Å². The summed E-state index contributed by atoms with van der Waals surface area (Å²) in [5.41, 5.74) is 0.391. The number of fused-ring (bicyclic) bond motifs is 5. The van der Waals surface area contributed by atoms with Crippen molar-refractivity contribution in [2.45, 2.75) is 25.4 Å². The van der Waals surface area contributed by atoms with E-state index in [1.54, 1.807) is 7.05 Å². The van der Waals surface area contributed by atoms with Crippen LogP contribution in [-0.2, 0) is 30.0 Å². The van der Waals surface area contributed by atoms with E-state index in [-0.39, 0.29) is 18.1 Å². The first-order valence-corrected chi connectivity index (χ1v) is 11.2. The number of carbonyl (C=O) groups excluding carboxylic acids is 1. The second kappa shape index (κ2) is 7.90. The van der Waals surface area contributed by atoms with Gasteiger partial charge in [-0.25, -0.2) is 4.79 Å². The molecule has 0 bridgehead atoms.